The molecule has 0 bridgehead atoms. The van der Waals surface area contributed by atoms with Crippen molar-refractivity contribution in [2.24, 2.45) is 11.7 Å². The molecule has 2 aromatic heterocycles. The number of amides is 1. The van der Waals surface area contributed by atoms with Crippen molar-refractivity contribution in [1.29, 1.82) is 0 Å². The van der Waals surface area contributed by atoms with Gasteiger partial charge in [0.25, 0.3) is 0 Å². The Bertz CT molecular complexity index is 920. The number of H-pyrrole nitrogens is 1. The Kier molecular flexibility index (Phi) is 7.25. The van der Waals surface area contributed by atoms with Gasteiger partial charge in [-0.3, -0.25) is 4.79 Å². The van der Waals surface area contributed by atoms with E-state index in [1.807, 2.05) is 42.6 Å². The lowest BCUT2D eigenvalue weighted by atomic mass is 9.97. The Balaban J connectivity index is 1.63. The molecule has 29 heavy (non-hydrogen) atoms. The fraction of sp³-hybridized carbons (Fsp3) is 0.391. The van der Waals surface area contributed by atoms with Crippen molar-refractivity contribution in [2.75, 3.05) is 6.54 Å². The van der Waals surface area contributed by atoms with Crippen molar-refractivity contribution in [2.45, 2.75) is 45.6 Å². The van der Waals surface area contributed by atoms with E-state index >= 15 is 0 Å². The third-order valence-corrected chi connectivity index (χ3v) is 5.19. The molecule has 2 heterocycles. The number of ether oxygens (including phenoxy) is 1. The zero-order chi connectivity index (χ0) is 20.6. The number of carbonyl (C=O) groups is 1. The van der Waals surface area contributed by atoms with Crippen molar-refractivity contribution in [1.82, 2.24) is 15.3 Å². The third kappa shape index (κ3) is 5.35. The second-order valence-electron chi connectivity index (χ2n) is 7.33. The first kappa shape index (κ1) is 20.9. The predicted molar refractivity (Wildman–Crippen MR) is 116 cm³/mol. The number of fused-ring (bicyclic) bond motifs is 1. The Morgan fingerprint density at radius 2 is 2.00 bits per heavy atom. The minimum Gasteiger partial charge on any atom is -0.457 e. The SMILES string of the molecule is CCCC(CC)NC(=O)C(CN)Cc1ccc(Oc2ccnc3[nH]ccc23)cc1. The molecular weight excluding hydrogens is 364 g/mol. The Labute approximate surface area is 171 Å². The first-order valence-electron chi connectivity index (χ1n) is 10.3. The van der Waals surface area contributed by atoms with Crippen LogP contribution in [-0.4, -0.2) is 28.5 Å². The summed E-state index contributed by atoms with van der Waals surface area (Å²) in [7, 11) is 0. The van der Waals surface area contributed by atoms with E-state index < -0.39 is 0 Å². The van der Waals surface area contributed by atoms with Crippen LogP contribution in [0, 0.1) is 5.92 Å². The maximum Gasteiger partial charge on any atom is 0.224 e. The highest BCUT2D eigenvalue weighted by Gasteiger charge is 2.20. The Morgan fingerprint density at radius 3 is 2.69 bits per heavy atom. The van der Waals surface area contributed by atoms with Crippen LogP contribution in [0.4, 0.5) is 0 Å². The van der Waals surface area contributed by atoms with Crippen molar-refractivity contribution in [3.8, 4) is 11.5 Å². The Morgan fingerprint density at radius 1 is 1.21 bits per heavy atom. The normalized spacial score (nSPS) is 13.2. The molecule has 1 aromatic carbocycles. The maximum atomic E-state index is 12.6. The van der Waals surface area contributed by atoms with Crippen LogP contribution in [0.25, 0.3) is 11.0 Å². The summed E-state index contributed by atoms with van der Waals surface area (Å²) in [6.07, 6.45) is 7.16. The quantitative estimate of drug-likeness (QED) is 0.481. The van der Waals surface area contributed by atoms with Gasteiger partial charge >= 0.3 is 0 Å². The zero-order valence-electron chi connectivity index (χ0n) is 17.2. The summed E-state index contributed by atoms with van der Waals surface area (Å²) >= 11 is 0. The molecule has 0 saturated carbocycles. The molecule has 0 aliphatic rings. The molecule has 3 rings (SSSR count). The Hall–Kier alpha value is -2.86. The first-order chi connectivity index (χ1) is 14.1. The topological polar surface area (TPSA) is 93.0 Å². The number of nitrogens with zero attached hydrogens (tertiary/aromatic N) is 1. The van der Waals surface area contributed by atoms with Crippen LogP contribution in [0.3, 0.4) is 0 Å². The standard InChI is InChI=1S/C23H30N4O2/c1-3-5-18(4-2)27-23(28)17(15-24)14-16-6-8-19(9-7-16)29-21-11-13-26-22-20(21)10-12-25-22/h6-13,17-18H,3-5,14-15,24H2,1-2H3,(H,25,26)(H,27,28). The summed E-state index contributed by atoms with van der Waals surface area (Å²) in [5.74, 6) is 1.31. The number of rotatable bonds is 10. The molecule has 1 amide bonds. The summed E-state index contributed by atoms with van der Waals surface area (Å²) < 4.78 is 6.01. The van der Waals surface area contributed by atoms with E-state index in [0.29, 0.717) is 13.0 Å². The van der Waals surface area contributed by atoms with Gasteiger partial charge in [-0.05, 0) is 49.1 Å². The van der Waals surface area contributed by atoms with Crippen LogP contribution < -0.4 is 15.8 Å². The highest BCUT2D eigenvalue weighted by Crippen LogP contribution is 2.28. The highest BCUT2D eigenvalue weighted by atomic mass is 16.5. The number of aromatic amines is 1. The predicted octanol–water partition coefficient (Wildman–Crippen LogP) is 4.17. The molecule has 154 valence electrons. The molecule has 0 spiro atoms. The monoisotopic (exact) mass is 394 g/mol. The molecule has 0 aliphatic heterocycles. The van der Waals surface area contributed by atoms with Crippen LogP contribution in [0.5, 0.6) is 11.5 Å². The minimum absolute atomic E-state index is 0.0414. The lowest BCUT2D eigenvalue weighted by Gasteiger charge is -2.21. The fourth-order valence-electron chi connectivity index (χ4n) is 3.46. The van der Waals surface area contributed by atoms with E-state index in [2.05, 4.69) is 29.1 Å². The van der Waals surface area contributed by atoms with E-state index in [4.69, 9.17) is 10.5 Å². The maximum absolute atomic E-state index is 12.6. The first-order valence-corrected chi connectivity index (χ1v) is 10.3. The smallest absolute Gasteiger partial charge is 0.224 e. The number of benzene rings is 1. The number of hydrogen-bond donors (Lipinski definition) is 3. The average molecular weight is 395 g/mol. The number of carbonyl (C=O) groups excluding carboxylic acids is 1. The van der Waals surface area contributed by atoms with Crippen LogP contribution in [0.2, 0.25) is 0 Å². The summed E-state index contributed by atoms with van der Waals surface area (Å²) in [6, 6.07) is 11.8. The van der Waals surface area contributed by atoms with Gasteiger partial charge in [0.15, 0.2) is 0 Å². The van der Waals surface area contributed by atoms with Gasteiger partial charge in [0.1, 0.15) is 17.1 Å². The van der Waals surface area contributed by atoms with Crippen molar-refractivity contribution in [3.05, 3.63) is 54.4 Å². The van der Waals surface area contributed by atoms with Crippen molar-refractivity contribution < 1.29 is 9.53 Å². The summed E-state index contributed by atoms with van der Waals surface area (Å²) in [4.78, 5) is 20.0. The van der Waals surface area contributed by atoms with Gasteiger partial charge in [0.2, 0.25) is 5.91 Å². The second kappa shape index (κ2) is 10.1. The molecule has 6 nitrogen and oxygen atoms in total. The summed E-state index contributed by atoms with van der Waals surface area (Å²) in [6.45, 7) is 4.56. The average Bonchev–Trinajstić information content (AvgIpc) is 3.22. The number of nitrogens with two attached hydrogens (primary N) is 1. The molecule has 4 N–H and O–H groups in total. The van der Waals surface area contributed by atoms with Crippen LogP contribution in [0.15, 0.2) is 48.8 Å². The molecule has 0 saturated heterocycles. The highest BCUT2D eigenvalue weighted by molar-refractivity contribution is 5.82. The van der Waals surface area contributed by atoms with Gasteiger partial charge in [0, 0.05) is 25.0 Å². The van der Waals surface area contributed by atoms with E-state index in [1.165, 1.54) is 0 Å². The zero-order valence-corrected chi connectivity index (χ0v) is 17.2. The van der Waals surface area contributed by atoms with Crippen LogP contribution in [0.1, 0.15) is 38.7 Å². The van der Waals surface area contributed by atoms with Gasteiger partial charge in [-0.15, -0.1) is 0 Å². The molecule has 6 heteroatoms. The molecule has 0 radical (unpaired) electrons. The molecular formula is C23H30N4O2. The lowest BCUT2D eigenvalue weighted by molar-refractivity contribution is -0.125. The summed E-state index contributed by atoms with van der Waals surface area (Å²) in [5.41, 5.74) is 7.75. The molecule has 3 aromatic rings. The largest absolute Gasteiger partial charge is 0.457 e. The van der Waals surface area contributed by atoms with Gasteiger partial charge < -0.3 is 20.8 Å². The number of nitrogens with one attached hydrogen (secondary N) is 2. The van der Waals surface area contributed by atoms with Crippen molar-refractivity contribution >= 4 is 16.9 Å². The van der Waals surface area contributed by atoms with Crippen molar-refractivity contribution in [3.63, 3.8) is 0 Å². The number of pyridine rings is 1. The number of hydrogen-bond acceptors (Lipinski definition) is 4. The van der Waals surface area contributed by atoms with Gasteiger partial charge in [-0.1, -0.05) is 32.4 Å². The van der Waals surface area contributed by atoms with Crippen LogP contribution >= 0.6 is 0 Å². The number of aromatic nitrogens is 2. The third-order valence-electron chi connectivity index (χ3n) is 5.19. The fourth-order valence-corrected chi connectivity index (χ4v) is 3.46. The lowest BCUT2D eigenvalue weighted by Crippen LogP contribution is -2.41. The molecule has 0 aliphatic carbocycles. The van der Waals surface area contributed by atoms with Crippen LogP contribution in [-0.2, 0) is 11.2 Å². The molecule has 2 unspecified atom stereocenters. The van der Waals surface area contributed by atoms with E-state index in [1.54, 1.807) is 6.20 Å². The van der Waals surface area contributed by atoms with E-state index in [0.717, 1.165) is 47.4 Å². The van der Waals surface area contributed by atoms with E-state index in [-0.39, 0.29) is 17.9 Å². The van der Waals surface area contributed by atoms with Gasteiger partial charge in [0.05, 0.1) is 11.3 Å². The minimum atomic E-state index is -0.229. The van der Waals surface area contributed by atoms with Gasteiger partial charge in [-0.2, -0.15) is 0 Å². The van der Waals surface area contributed by atoms with Gasteiger partial charge in [-0.25, -0.2) is 4.98 Å². The van der Waals surface area contributed by atoms with E-state index in [9.17, 15) is 4.79 Å². The summed E-state index contributed by atoms with van der Waals surface area (Å²) in [5, 5.41) is 4.08. The molecule has 2 atom stereocenters. The molecule has 0 fully saturated rings. The second-order valence-corrected chi connectivity index (χ2v) is 7.33.